The zero-order valence-corrected chi connectivity index (χ0v) is 21.2. The zero-order chi connectivity index (χ0) is 24.9. The number of fused-ring (bicyclic) bond motifs is 3. The summed E-state index contributed by atoms with van der Waals surface area (Å²) in [7, 11) is 0. The van der Waals surface area contributed by atoms with Crippen molar-refractivity contribution >= 4 is 46.2 Å². The van der Waals surface area contributed by atoms with E-state index in [9.17, 15) is 19.5 Å². The summed E-state index contributed by atoms with van der Waals surface area (Å²) in [6.07, 6.45) is -0.00762. The molecule has 1 atom stereocenters. The van der Waals surface area contributed by atoms with Crippen LogP contribution in [0, 0.1) is 3.57 Å². The fraction of sp³-hybridized carbons (Fsp3) is 0.222. The van der Waals surface area contributed by atoms with Crippen LogP contribution in [0.2, 0.25) is 0 Å². The van der Waals surface area contributed by atoms with E-state index >= 15 is 0 Å². The molecule has 0 saturated carbocycles. The van der Waals surface area contributed by atoms with E-state index in [1.807, 2.05) is 53.8 Å². The van der Waals surface area contributed by atoms with Gasteiger partial charge in [0.1, 0.15) is 6.61 Å². The zero-order valence-electron chi connectivity index (χ0n) is 19.1. The van der Waals surface area contributed by atoms with Gasteiger partial charge in [0, 0.05) is 22.0 Å². The summed E-state index contributed by atoms with van der Waals surface area (Å²) >= 11 is 2.03. The molecule has 0 radical (unpaired) electrons. The third kappa shape index (κ3) is 5.64. The van der Waals surface area contributed by atoms with Crippen molar-refractivity contribution in [1.82, 2.24) is 5.32 Å². The first-order valence-corrected chi connectivity index (χ1v) is 12.4. The lowest BCUT2D eigenvalue weighted by Gasteiger charge is -2.19. The Labute approximate surface area is 217 Å². The molecule has 3 aromatic rings. The van der Waals surface area contributed by atoms with Crippen molar-refractivity contribution in [3.63, 3.8) is 0 Å². The molecule has 8 heteroatoms. The first-order chi connectivity index (χ1) is 16.9. The molecule has 1 aliphatic rings. The van der Waals surface area contributed by atoms with Crippen LogP contribution < -0.4 is 10.6 Å². The second kappa shape index (κ2) is 10.9. The predicted octanol–water partition coefficient (Wildman–Crippen LogP) is 5.64. The SMILES string of the molecule is CC[C@@H](CC(=O)Nc1cc(C(=O)O)ccc1I)NC(=O)OCC1c2ccccc2-c2ccccc21. The van der Waals surface area contributed by atoms with Crippen molar-refractivity contribution in [3.8, 4) is 11.1 Å². The minimum absolute atomic E-state index is 0.0358. The van der Waals surface area contributed by atoms with Crippen LogP contribution in [-0.4, -0.2) is 35.7 Å². The molecule has 0 aliphatic heterocycles. The number of alkyl carbamates (subject to hydrolysis) is 1. The van der Waals surface area contributed by atoms with E-state index in [-0.39, 0.29) is 30.4 Å². The quantitative estimate of drug-likeness (QED) is 0.298. The van der Waals surface area contributed by atoms with Crippen molar-refractivity contribution in [2.75, 3.05) is 11.9 Å². The Hall–Kier alpha value is -3.40. The minimum atomic E-state index is -1.07. The molecule has 0 spiro atoms. The number of carboxylic acids is 1. The number of carbonyl (C=O) groups excluding carboxylic acids is 2. The molecule has 1 aliphatic carbocycles. The highest BCUT2D eigenvalue weighted by molar-refractivity contribution is 14.1. The van der Waals surface area contributed by atoms with E-state index in [1.54, 1.807) is 6.07 Å². The molecule has 3 aromatic carbocycles. The normalized spacial score (nSPS) is 12.9. The summed E-state index contributed by atoms with van der Waals surface area (Å²) in [4.78, 5) is 36.4. The van der Waals surface area contributed by atoms with E-state index in [2.05, 4.69) is 34.9 Å². The second-order valence-electron chi connectivity index (χ2n) is 8.33. The molecule has 35 heavy (non-hydrogen) atoms. The van der Waals surface area contributed by atoms with Gasteiger partial charge in [-0.25, -0.2) is 9.59 Å². The lowest BCUT2D eigenvalue weighted by molar-refractivity contribution is -0.116. The number of anilines is 1. The van der Waals surface area contributed by atoms with Crippen LogP contribution in [0.3, 0.4) is 0 Å². The fourth-order valence-electron chi connectivity index (χ4n) is 4.28. The molecule has 4 rings (SSSR count). The standard InChI is InChI=1S/C27H25IN2O5/c1-2-17(14-25(31)30-24-13-16(26(32)33)11-12-23(24)28)29-27(34)35-15-22-20-9-5-3-7-18(20)19-8-4-6-10-21(19)22/h3-13,17,22H,2,14-15H2,1H3,(H,29,34)(H,30,31)(H,32,33)/t17-/m0/s1. The summed E-state index contributed by atoms with van der Waals surface area (Å²) in [6, 6.07) is 20.3. The maximum Gasteiger partial charge on any atom is 0.407 e. The van der Waals surface area contributed by atoms with Crippen molar-refractivity contribution in [3.05, 3.63) is 87.0 Å². The summed E-state index contributed by atoms with van der Waals surface area (Å²) in [5.74, 6) is -1.43. The third-order valence-corrected chi connectivity index (χ3v) is 7.02. The maximum absolute atomic E-state index is 12.6. The van der Waals surface area contributed by atoms with E-state index in [1.165, 1.54) is 12.1 Å². The predicted molar refractivity (Wildman–Crippen MR) is 142 cm³/mol. The molecule has 0 aromatic heterocycles. The van der Waals surface area contributed by atoms with E-state index in [0.717, 1.165) is 25.8 Å². The Morgan fingerprint density at radius 3 is 2.23 bits per heavy atom. The Kier molecular flexibility index (Phi) is 7.70. The first kappa shape index (κ1) is 24.7. The van der Waals surface area contributed by atoms with Gasteiger partial charge in [0.25, 0.3) is 0 Å². The largest absolute Gasteiger partial charge is 0.478 e. The van der Waals surface area contributed by atoms with Gasteiger partial charge in [-0.3, -0.25) is 4.79 Å². The van der Waals surface area contributed by atoms with Crippen LogP contribution in [-0.2, 0) is 9.53 Å². The van der Waals surface area contributed by atoms with Gasteiger partial charge in [-0.2, -0.15) is 0 Å². The Balaban J connectivity index is 1.34. The number of amides is 2. The molecule has 0 heterocycles. The van der Waals surface area contributed by atoms with Crippen molar-refractivity contribution in [1.29, 1.82) is 0 Å². The highest BCUT2D eigenvalue weighted by atomic mass is 127. The number of ether oxygens (including phenoxy) is 1. The third-order valence-electron chi connectivity index (χ3n) is 6.08. The molecule has 7 nitrogen and oxygen atoms in total. The topological polar surface area (TPSA) is 105 Å². The number of hydrogen-bond donors (Lipinski definition) is 3. The summed E-state index contributed by atoms with van der Waals surface area (Å²) in [5, 5.41) is 14.7. The summed E-state index contributed by atoms with van der Waals surface area (Å²) < 4.78 is 6.31. The number of rotatable bonds is 8. The van der Waals surface area contributed by atoms with Gasteiger partial charge in [-0.15, -0.1) is 0 Å². The first-order valence-electron chi connectivity index (χ1n) is 11.3. The van der Waals surface area contributed by atoms with Gasteiger partial charge in [0.05, 0.1) is 11.3 Å². The van der Waals surface area contributed by atoms with Gasteiger partial charge < -0.3 is 20.5 Å². The highest BCUT2D eigenvalue weighted by Crippen LogP contribution is 2.44. The molecular formula is C27H25IN2O5. The average Bonchev–Trinajstić information content (AvgIpc) is 3.17. The van der Waals surface area contributed by atoms with Gasteiger partial charge in [0.15, 0.2) is 0 Å². The Morgan fingerprint density at radius 2 is 1.63 bits per heavy atom. The van der Waals surface area contributed by atoms with Gasteiger partial charge in [-0.05, 0) is 69.5 Å². The molecular weight excluding hydrogens is 559 g/mol. The fourth-order valence-corrected chi connectivity index (χ4v) is 4.75. The Morgan fingerprint density at radius 1 is 1.00 bits per heavy atom. The lowest BCUT2D eigenvalue weighted by atomic mass is 9.98. The van der Waals surface area contributed by atoms with Gasteiger partial charge in [-0.1, -0.05) is 55.5 Å². The summed E-state index contributed by atoms with van der Waals surface area (Å²) in [6.45, 7) is 2.07. The number of nitrogens with one attached hydrogen (secondary N) is 2. The molecule has 3 N–H and O–H groups in total. The van der Waals surface area contributed by atoms with E-state index < -0.39 is 18.1 Å². The molecule has 180 valence electrons. The highest BCUT2D eigenvalue weighted by Gasteiger charge is 2.29. The monoisotopic (exact) mass is 584 g/mol. The molecule has 0 bridgehead atoms. The smallest absolute Gasteiger partial charge is 0.407 e. The number of benzene rings is 3. The van der Waals surface area contributed by atoms with Crippen molar-refractivity contribution in [2.24, 2.45) is 0 Å². The van der Waals surface area contributed by atoms with Gasteiger partial charge >= 0.3 is 12.1 Å². The molecule has 0 unspecified atom stereocenters. The van der Waals surface area contributed by atoms with Crippen molar-refractivity contribution in [2.45, 2.75) is 31.7 Å². The number of aromatic carboxylic acids is 1. The molecule has 0 saturated heterocycles. The molecule has 2 amide bonds. The molecule has 0 fully saturated rings. The number of carboxylic acid groups (broad SMARTS) is 1. The van der Waals surface area contributed by atoms with Crippen molar-refractivity contribution < 1.29 is 24.2 Å². The van der Waals surface area contributed by atoms with Crippen LogP contribution in [0.5, 0.6) is 0 Å². The number of hydrogen-bond acceptors (Lipinski definition) is 4. The van der Waals surface area contributed by atoms with Crippen LogP contribution >= 0.6 is 22.6 Å². The Bertz CT molecular complexity index is 1230. The van der Waals surface area contributed by atoms with Gasteiger partial charge in [0.2, 0.25) is 5.91 Å². The average molecular weight is 584 g/mol. The van der Waals surface area contributed by atoms with Crippen LogP contribution in [0.1, 0.15) is 47.2 Å². The maximum atomic E-state index is 12.6. The second-order valence-corrected chi connectivity index (χ2v) is 9.49. The van der Waals surface area contributed by atoms with Crippen LogP contribution in [0.15, 0.2) is 66.7 Å². The van der Waals surface area contributed by atoms with Crippen LogP contribution in [0.4, 0.5) is 10.5 Å². The lowest BCUT2D eigenvalue weighted by Crippen LogP contribution is -2.38. The number of halogens is 1. The van der Waals surface area contributed by atoms with Crippen LogP contribution in [0.25, 0.3) is 11.1 Å². The minimum Gasteiger partial charge on any atom is -0.478 e. The number of carbonyl (C=O) groups is 3. The summed E-state index contributed by atoms with van der Waals surface area (Å²) in [5.41, 5.74) is 5.08. The van der Waals surface area contributed by atoms with E-state index in [0.29, 0.717) is 12.1 Å². The van der Waals surface area contributed by atoms with E-state index in [4.69, 9.17) is 4.74 Å².